The maximum atomic E-state index is 13.0. The number of unbranched alkanes of at least 4 members (excludes halogenated alkanes) is 19. The molecule has 1 aliphatic rings. The monoisotopic (exact) mass is 811 g/mol. The Hall–Kier alpha value is -2.36. The number of ether oxygens (including phenoxy) is 3. The first-order chi connectivity index (χ1) is 27.6. The van der Waals surface area contributed by atoms with Gasteiger partial charge in [0.05, 0.1) is 32.5 Å². The standard InChI is InChI=1S/C44H78N2O11/c1-3-4-5-6-7-8-9-10-12-15-18-21-27-36(48)39(50)35(32-56-44-42(53)41(52)40(51)37(31-47)57-44)46-38(49)28-22-19-16-13-11-14-17-20-23-29-45-43(54)33-25-24-26-34(30-33)55-2/h24-26,30,35-37,39-42,44,47-48,50-53H,3-23,27-29,31-32H2,1-2H3,(H,45,54)(H,46,49)/t35?,36?,37-,39?,40+,41+,42-,44+/m1/s1. The Balaban J connectivity index is 1.68. The molecule has 0 bridgehead atoms. The molecule has 0 spiro atoms. The molecule has 330 valence electrons. The summed E-state index contributed by atoms with van der Waals surface area (Å²) in [5, 5.41) is 68.0. The highest BCUT2D eigenvalue weighted by atomic mass is 16.7. The van der Waals surface area contributed by atoms with Crippen LogP contribution in [-0.4, -0.2) is 118 Å². The molecule has 13 heteroatoms. The SMILES string of the molecule is CCCCCCCCCCCCCCC(O)C(O)C(CO[C@H]1O[C@H](CO)[C@H](O)[C@H](O)[C@H]1O)NC(=O)CCCCCCCCCCCNC(=O)c1cccc(OC)c1. The van der Waals surface area contributed by atoms with Crippen molar-refractivity contribution in [1.82, 2.24) is 10.6 Å². The summed E-state index contributed by atoms with van der Waals surface area (Å²) in [7, 11) is 1.58. The van der Waals surface area contributed by atoms with E-state index in [0.717, 1.165) is 77.0 Å². The van der Waals surface area contributed by atoms with Gasteiger partial charge in [-0.3, -0.25) is 9.59 Å². The van der Waals surface area contributed by atoms with Crippen molar-refractivity contribution < 1.29 is 54.4 Å². The minimum atomic E-state index is -1.62. The molecule has 2 rings (SSSR count). The van der Waals surface area contributed by atoms with Gasteiger partial charge in [0.2, 0.25) is 5.91 Å². The van der Waals surface area contributed by atoms with Crippen LogP contribution in [0.1, 0.15) is 165 Å². The first-order valence-corrected chi connectivity index (χ1v) is 22.1. The van der Waals surface area contributed by atoms with Gasteiger partial charge in [-0.05, 0) is 37.5 Å². The van der Waals surface area contributed by atoms with E-state index < -0.39 is 55.6 Å². The highest BCUT2D eigenvalue weighted by Gasteiger charge is 2.44. The summed E-state index contributed by atoms with van der Waals surface area (Å²) in [5.41, 5.74) is 0.587. The van der Waals surface area contributed by atoms with Crippen molar-refractivity contribution in [3.05, 3.63) is 29.8 Å². The Morgan fingerprint density at radius 3 is 1.89 bits per heavy atom. The van der Waals surface area contributed by atoms with Crippen LogP contribution in [0.2, 0.25) is 0 Å². The smallest absolute Gasteiger partial charge is 0.251 e. The molecule has 0 aromatic heterocycles. The lowest BCUT2D eigenvalue weighted by atomic mass is 9.98. The molecular formula is C44H78N2O11. The molecule has 1 aliphatic heterocycles. The summed E-state index contributed by atoms with van der Waals surface area (Å²) in [6.07, 6.45) is 13.8. The van der Waals surface area contributed by atoms with Crippen LogP contribution < -0.4 is 15.4 Å². The fraction of sp³-hybridized carbons (Fsp3) is 0.818. The van der Waals surface area contributed by atoms with Crippen LogP contribution in [0.15, 0.2) is 24.3 Å². The van der Waals surface area contributed by atoms with E-state index in [2.05, 4.69) is 17.6 Å². The molecule has 0 saturated carbocycles. The van der Waals surface area contributed by atoms with E-state index in [4.69, 9.17) is 14.2 Å². The number of amides is 2. The molecule has 1 heterocycles. The number of carbonyl (C=O) groups excluding carboxylic acids is 2. The van der Waals surface area contributed by atoms with Crippen LogP contribution in [0, 0.1) is 0 Å². The van der Waals surface area contributed by atoms with E-state index in [-0.39, 0.29) is 24.8 Å². The number of hydrogen-bond donors (Lipinski definition) is 8. The lowest BCUT2D eigenvalue weighted by Gasteiger charge is -2.40. The maximum Gasteiger partial charge on any atom is 0.251 e. The zero-order valence-electron chi connectivity index (χ0n) is 35.0. The van der Waals surface area contributed by atoms with E-state index in [0.29, 0.717) is 30.7 Å². The van der Waals surface area contributed by atoms with Gasteiger partial charge in [0, 0.05) is 18.5 Å². The number of benzene rings is 1. The van der Waals surface area contributed by atoms with Gasteiger partial charge < -0.3 is 55.5 Å². The normalized spacial score (nSPS) is 21.2. The van der Waals surface area contributed by atoms with Crippen molar-refractivity contribution >= 4 is 11.8 Å². The molecule has 13 nitrogen and oxygen atoms in total. The van der Waals surface area contributed by atoms with Gasteiger partial charge in [-0.25, -0.2) is 0 Å². The van der Waals surface area contributed by atoms with E-state index in [1.807, 2.05) is 6.07 Å². The predicted octanol–water partition coefficient (Wildman–Crippen LogP) is 5.44. The highest BCUT2D eigenvalue weighted by Crippen LogP contribution is 2.23. The summed E-state index contributed by atoms with van der Waals surface area (Å²) in [5.74, 6) is 0.259. The summed E-state index contributed by atoms with van der Waals surface area (Å²) < 4.78 is 16.3. The van der Waals surface area contributed by atoms with Crippen molar-refractivity contribution in [3.63, 3.8) is 0 Å². The molecule has 8 atom stereocenters. The minimum absolute atomic E-state index is 0.0988. The largest absolute Gasteiger partial charge is 0.497 e. The first kappa shape index (κ1) is 50.8. The van der Waals surface area contributed by atoms with Gasteiger partial charge in [0.25, 0.3) is 5.91 Å². The van der Waals surface area contributed by atoms with Gasteiger partial charge in [-0.1, -0.05) is 135 Å². The topological polar surface area (TPSA) is 207 Å². The van der Waals surface area contributed by atoms with Gasteiger partial charge in [0.15, 0.2) is 6.29 Å². The molecule has 0 aliphatic carbocycles. The van der Waals surface area contributed by atoms with Crippen molar-refractivity contribution in [2.24, 2.45) is 0 Å². The molecule has 1 aromatic rings. The van der Waals surface area contributed by atoms with E-state index in [1.165, 1.54) is 51.4 Å². The fourth-order valence-corrected chi connectivity index (χ4v) is 7.26. The minimum Gasteiger partial charge on any atom is -0.497 e. The van der Waals surface area contributed by atoms with Crippen molar-refractivity contribution in [2.75, 3.05) is 26.9 Å². The van der Waals surface area contributed by atoms with Crippen LogP contribution >= 0.6 is 0 Å². The molecule has 8 N–H and O–H groups in total. The number of carbonyl (C=O) groups is 2. The van der Waals surface area contributed by atoms with Gasteiger partial charge >= 0.3 is 0 Å². The summed E-state index contributed by atoms with van der Waals surface area (Å²) in [6, 6.07) is 6.08. The Morgan fingerprint density at radius 1 is 0.754 bits per heavy atom. The Bertz CT molecular complexity index is 1170. The summed E-state index contributed by atoms with van der Waals surface area (Å²) >= 11 is 0. The molecule has 1 aromatic carbocycles. The quantitative estimate of drug-likeness (QED) is 0.0412. The molecule has 57 heavy (non-hydrogen) atoms. The van der Waals surface area contributed by atoms with Crippen LogP contribution in [-0.2, 0) is 14.3 Å². The second-order valence-corrected chi connectivity index (χ2v) is 15.9. The Kier molecular flexibility index (Phi) is 28.1. The molecular weight excluding hydrogens is 732 g/mol. The van der Waals surface area contributed by atoms with Gasteiger partial charge in [-0.2, -0.15) is 0 Å². The number of methoxy groups -OCH3 is 1. The lowest BCUT2D eigenvalue weighted by Crippen LogP contribution is -2.60. The average molecular weight is 811 g/mol. The molecule has 0 radical (unpaired) electrons. The number of aliphatic hydroxyl groups excluding tert-OH is 6. The third kappa shape index (κ3) is 21.5. The van der Waals surface area contributed by atoms with Crippen molar-refractivity contribution in [3.8, 4) is 5.75 Å². The second-order valence-electron chi connectivity index (χ2n) is 15.9. The van der Waals surface area contributed by atoms with Crippen LogP contribution in [0.25, 0.3) is 0 Å². The first-order valence-electron chi connectivity index (χ1n) is 22.1. The van der Waals surface area contributed by atoms with Gasteiger partial charge in [-0.15, -0.1) is 0 Å². The van der Waals surface area contributed by atoms with E-state index >= 15 is 0 Å². The lowest BCUT2D eigenvalue weighted by molar-refractivity contribution is -0.303. The predicted molar refractivity (Wildman–Crippen MR) is 221 cm³/mol. The van der Waals surface area contributed by atoms with E-state index in [9.17, 15) is 40.2 Å². The second kappa shape index (κ2) is 31.5. The fourth-order valence-electron chi connectivity index (χ4n) is 7.26. The maximum absolute atomic E-state index is 13.0. The molecule has 2 amide bonds. The Morgan fingerprint density at radius 2 is 1.32 bits per heavy atom. The number of rotatable bonds is 34. The van der Waals surface area contributed by atoms with Crippen LogP contribution in [0.5, 0.6) is 5.75 Å². The summed E-state index contributed by atoms with van der Waals surface area (Å²) in [4.78, 5) is 25.3. The van der Waals surface area contributed by atoms with Crippen LogP contribution in [0.3, 0.4) is 0 Å². The number of hydrogen-bond acceptors (Lipinski definition) is 11. The third-order valence-corrected chi connectivity index (χ3v) is 11.0. The summed E-state index contributed by atoms with van der Waals surface area (Å²) in [6.45, 7) is 1.92. The molecule has 1 saturated heterocycles. The van der Waals surface area contributed by atoms with Crippen LogP contribution in [0.4, 0.5) is 0 Å². The molecule has 1 fully saturated rings. The third-order valence-electron chi connectivity index (χ3n) is 11.0. The zero-order chi connectivity index (χ0) is 41.7. The average Bonchev–Trinajstić information content (AvgIpc) is 3.22. The Labute approximate surface area is 342 Å². The van der Waals surface area contributed by atoms with Crippen molar-refractivity contribution in [2.45, 2.75) is 204 Å². The zero-order valence-corrected chi connectivity index (χ0v) is 35.0. The number of nitrogens with one attached hydrogen (secondary N) is 2. The number of aliphatic hydroxyl groups is 6. The van der Waals surface area contributed by atoms with Crippen molar-refractivity contribution in [1.29, 1.82) is 0 Å². The molecule has 3 unspecified atom stereocenters. The highest BCUT2D eigenvalue weighted by molar-refractivity contribution is 5.94. The van der Waals surface area contributed by atoms with E-state index in [1.54, 1.807) is 25.3 Å². The van der Waals surface area contributed by atoms with Gasteiger partial charge in [0.1, 0.15) is 36.3 Å².